The Kier molecular flexibility index (Phi) is 3.41. The lowest BCUT2D eigenvalue weighted by Gasteiger charge is -2.29. The third-order valence-electron chi connectivity index (χ3n) is 4.06. The SMILES string of the molecule is CC(C1CCOCC1)n1c(=S)[nH]c2c(F)cccc21. The van der Waals surface area contributed by atoms with Gasteiger partial charge in [-0.2, -0.15) is 0 Å². The van der Waals surface area contributed by atoms with E-state index in [9.17, 15) is 4.39 Å². The van der Waals surface area contributed by atoms with Gasteiger partial charge in [0.25, 0.3) is 0 Å². The predicted molar refractivity (Wildman–Crippen MR) is 75.3 cm³/mol. The molecule has 1 aromatic carbocycles. The lowest BCUT2D eigenvalue weighted by atomic mass is 9.92. The molecular weight excluding hydrogens is 263 g/mol. The molecule has 1 aliphatic heterocycles. The molecule has 1 N–H and O–H groups in total. The minimum absolute atomic E-state index is 0.249. The number of fused-ring (bicyclic) bond motifs is 1. The average Bonchev–Trinajstić information content (AvgIpc) is 2.77. The van der Waals surface area contributed by atoms with E-state index >= 15 is 0 Å². The molecular formula is C14H17FN2OS. The van der Waals surface area contributed by atoms with Crippen LogP contribution in [0.25, 0.3) is 11.0 Å². The third kappa shape index (κ3) is 2.21. The fraction of sp³-hybridized carbons (Fsp3) is 0.500. The Morgan fingerprint density at radius 3 is 2.89 bits per heavy atom. The lowest BCUT2D eigenvalue weighted by molar-refractivity contribution is 0.0517. The molecule has 3 nitrogen and oxygen atoms in total. The first-order chi connectivity index (χ1) is 9.18. The van der Waals surface area contributed by atoms with Gasteiger partial charge in [0.15, 0.2) is 4.77 Å². The van der Waals surface area contributed by atoms with E-state index in [1.807, 2.05) is 10.6 Å². The van der Waals surface area contributed by atoms with Crippen molar-refractivity contribution in [2.75, 3.05) is 13.2 Å². The Hall–Kier alpha value is -1.20. The molecule has 2 aromatic rings. The van der Waals surface area contributed by atoms with Gasteiger partial charge in [-0.05, 0) is 50.0 Å². The molecule has 0 aliphatic carbocycles. The zero-order valence-corrected chi connectivity index (χ0v) is 11.7. The summed E-state index contributed by atoms with van der Waals surface area (Å²) in [6, 6.07) is 5.36. The number of H-pyrrole nitrogens is 1. The van der Waals surface area contributed by atoms with Gasteiger partial charge in [0, 0.05) is 19.3 Å². The van der Waals surface area contributed by atoms with E-state index in [-0.39, 0.29) is 11.9 Å². The largest absolute Gasteiger partial charge is 0.381 e. The van der Waals surface area contributed by atoms with Gasteiger partial charge in [-0.15, -0.1) is 0 Å². The summed E-state index contributed by atoms with van der Waals surface area (Å²) < 4.78 is 21.8. The second kappa shape index (κ2) is 5.06. The van der Waals surface area contributed by atoms with Gasteiger partial charge in [-0.25, -0.2) is 4.39 Å². The van der Waals surface area contributed by atoms with Crippen molar-refractivity contribution >= 4 is 23.3 Å². The summed E-state index contributed by atoms with van der Waals surface area (Å²) in [6.45, 7) is 3.77. The Morgan fingerprint density at radius 1 is 1.42 bits per heavy atom. The van der Waals surface area contributed by atoms with Crippen LogP contribution in [0.2, 0.25) is 0 Å². The summed E-state index contributed by atoms with van der Waals surface area (Å²) in [5, 5.41) is 0. The maximum Gasteiger partial charge on any atom is 0.178 e. The molecule has 1 saturated heterocycles. The van der Waals surface area contributed by atoms with Gasteiger partial charge < -0.3 is 14.3 Å². The molecule has 1 fully saturated rings. The van der Waals surface area contributed by atoms with Crippen LogP contribution in [-0.2, 0) is 4.74 Å². The van der Waals surface area contributed by atoms with Gasteiger partial charge in [0.05, 0.1) is 5.52 Å². The number of ether oxygens (including phenoxy) is 1. The second-order valence-corrected chi connectivity index (χ2v) is 5.51. The maximum absolute atomic E-state index is 13.8. The van der Waals surface area contributed by atoms with Crippen molar-refractivity contribution in [1.82, 2.24) is 9.55 Å². The second-order valence-electron chi connectivity index (χ2n) is 5.12. The zero-order valence-electron chi connectivity index (χ0n) is 10.9. The van der Waals surface area contributed by atoms with Crippen molar-refractivity contribution in [2.45, 2.75) is 25.8 Å². The van der Waals surface area contributed by atoms with Crippen LogP contribution in [0, 0.1) is 16.5 Å². The Labute approximate surface area is 116 Å². The molecule has 1 aromatic heterocycles. The van der Waals surface area contributed by atoms with Gasteiger partial charge >= 0.3 is 0 Å². The summed E-state index contributed by atoms with van der Waals surface area (Å²) >= 11 is 5.37. The molecule has 1 aliphatic rings. The number of benzene rings is 1. The number of aromatic amines is 1. The van der Waals surface area contributed by atoms with Crippen molar-refractivity contribution in [3.63, 3.8) is 0 Å². The van der Waals surface area contributed by atoms with E-state index in [1.165, 1.54) is 6.07 Å². The standard InChI is InChI=1S/C14H17FN2OS/c1-9(10-5-7-18-8-6-10)17-12-4-2-3-11(15)13(12)16-14(17)19/h2-4,9-10H,5-8H2,1H3,(H,16,19). The predicted octanol–water partition coefficient (Wildman–Crippen LogP) is 3.83. The van der Waals surface area contributed by atoms with Gasteiger partial charge in [-0.3, -0.25) is 0 Å². The Bertz CT molecular complexity index is 642. The highest BCUT2D eigenvalue weighted by Gasteiger charge is 2.24. The molecule has 0 spiro atoms. The molecule has 19 heavy (non-hydrogen) atoms. The van der Waals surface area contributed by atoms with Crippen molar-refractivity contribution in [1.29, 1.82) is 0 Å². The molecule has 0 saturated carbocycles. The third-order valence-corrected chi connectivity index (χ3v) is 4.36. The van der Waals surface area contributed by atoms with Crippen molar-refractivity contribution < 1.29 is 9.13 Å². The van der Waals surface area contributed by atoms with Crippen LogP contribution in [0.4, 0.5) is 4.39 Å². The molecule has 0 amide bonds. The van der Waals surface area contributed by atoms with E-state index < -0.39 is 0 Å². The number of para-hydroxylation sites is 1. The minimum atomic E-state index is -0.249. The Balaban J connectivity index is 2.06. The highest BCUT2D eigenvalue weighted by Crippen LogP contribution is 2.31. The average molecular weight is 280 g/mol. The van der Waals surface area contributed by atoms with E-state index in [0.717, 1.165) is 31.6 Å². The monoisotopic (exact) mass is 280 g/mol. The van der Waals surface area contributed by atoms with Gasteiger partial charge in [-0.1, -0.05) is 6.07 Å². The topological polar surface area (TPSA) is 29.9 Å². The van der Waals surface area contributed by atoms with Crippen LogP contribution in [0.15, 0.2) is 18.2 Å². The summed E-state index contributed by atoms with van der Waals surface area (Å²) in [6.07, 6.45) is 2.07. The fourth-order valence-electron chi connectivity index (χ4n) is 2.93. The van der Waals surface area contributed by atoms with Crippen LogP contribution >= 0.6 is 12.2 Å². The highest BCUT2D eigenvalue weighted by molar-refractivity contribution is 7.71. The van der Waals surface area contributed by atoms with Crippen LogP contribution in [0.5, 0.6) is 0 Å². The summed E-state index contributed by atoms with van der Waals surface area (Å²) in [5.41, 5.74) is 1.36. The molecule has 2 heterocycles. The highest BCUT2D eigenvalue weighted by atomic mass is 32.1. The molecule has 0 bridgehead atoms. The number of hydrogen-bond acceptors (Lipinski definition) is 2. The van der Waals surface area contributed by atoms with Crippen LogP contribution in [0.3, 0.4) is 0 Å². The van der Waals surface area contributed by atoms with Crippen LogP contribution in [0.1, 0.15) is 25.8 Å². The number of rotatable bonds is 2. The zero-order chi connectivity index (χ0) is 13.4. The van der Waals surface area contributed by atoms with Gasteiger partial charge in [0.1, 0.15) is 11.3 Å². The van der Waals surface area contributed by atoms with Gasteiger partial charge in [0.2, 0.25) is 0 Å². The maximum atomic E-state index is 13.8. The minimum Gasteiger partial charge on any atom is -0.381 e. The molecule has 3 rings (SSSR count). The summed E-state index contributed by atoms with van der Waals surface area (Å²) in [4.78, 5) is 2.99. The van der Waals surface area contributed by atoms with Crippen LogP contribution in [-0.4, -0.2) is 22.8 Å². The number of imidazole rings is 1. The summed E-state index contributed by atoms with van der Waals surface area (Å²) in [5.74, 6) is 0.282. The van der Waals surface area contributed by atoms with E-state index in [1.54, 1.807) is 6.07 Å². The fourth-order valence-corrected chi connectivity index (χ4v) is 3.29. The van der Waals surface area contributed by atoms with E-state index in [2.05, 4.69) is 11.9 Å². The molecule has 1 unspecified atom stereocenters. The quantitative estimate of drug-likeness (QED) is 0.847. The molecule has 102 valence electrons. The van der Waals surface area contributed by atoms with Crippen LogP contribution < -0.4 is 0 Å². The number of halogens is 1. The first-order valence-electron chi connectivity index (χ1n) is 6.65. The number of nitrogens with zero attached hydrogens (tertiary/aromatic N) is 1. The number of nitrogens with one attached hydrogen (secondary N) is 1. The first kappa shape index (κ1) is 12.8. The molecule has 1 atom stereocenters. The van der Waals surface area contributed by atoms with E-state index in [4.69, 9.17) is 17.0 Å². The molecule has 0 radical (unpaired) electrons. The summed E-state index contributed by atoms with van der Waals surface area (Å²) in [7, 11) is 0. The van der Waals surface area contributed by atoms with Crippen molar-refractivity contribution in [3.8, 4) is 0 Å². The number of aromatic nitrogens is 2. The number of hydrogen-bond donors (Lipinski definition) is 1. The first-order valence-corrected chi connectivity index (χ1v) is 7.06. The Morgan fingerprint density at radius 2 is 2.16 bits per heavy atom. The van der Waals surface area contributed by atoms with Crippen molar-refractivity contribution in [3.05, 3.63) is 28.8 Å². The lowest BCUT2D eigenvalue weighted by Crippen LogP contribution is -2.24. The normalized spacial score (nSPS) is 18.8. The molecule has 5 heteroatoms. The smallest absolute Gasteiger partial charge is 0.178 e. The van der Waals surface area contributed by atoms with Crippen molar-refractivity contribution in [2.24, 2.45) is 5.92 Å². The van der Waals surface area contributed by atoms with E-state index in [0.29, 0.717) is 16.2 Å².